The fourth-order valence-corrected chi connectivity index (χ4v) is 5.53. The zero-order valence-electron chi connectivity index (χ0n) is 20.0. The lowest BCUT2D eigenvalue weighted by Gasteiger charge is -2.39. The maximum absolute atomic E-state index is 12.8. The second-order valence-electron chi connectivity index (χ2n) is 9.89. The summed E-state index contributed by atoms with van der Waals surface area (Å²) in [6.45, 7) is 8.34. The van der Waals surface area contributed by atoms with Crippen LogP contribution in [0.1, 0.15) is 47.8 Å². The van der Waals surface area contributed by atoms with Gasteiger partial charge in [0.1, 0.15) is 5.69 Å². The third-order valence-corrected chi connectivity index (χ3v) is 7.68. The number of likely N-dealkylation sites (tertiary alicyclic amines) is 2. The quantitative estimate of drug-likeness (QED) is 0.518. The van der Waals surface area contributed by atoms with Crippen LogP contribution >= 0.6 is 0 Å². The second-order valence-corrected chi connectivity index (χ2v) is 9.89. The fourth-order valence-electron chi connectivity index (χ4n) is 5.53. The van der Waals surface area contributed by atoms with Crippen molar-refractivity contribution in [3.05, 3.63) is 77.6 Å². The van der Waals surface area contributed by atoms with Crippen LogP contribution in [0.5, 0.6) is 0 Å². The Labute approximate surface area is 201 Å². The third kappa shape index (κ3) is 4.42. The van der Waals surface area contributed by atoms with E-state index in [4.69, 9.17) is 0 Å². The SMILES string of the molecule is CC(=O)c1ccn(C(=O)N2CCC3(CCN(Cc4cccc(-c5ccccc5)c4C)C3)CC2)n1. The first-order chi connectivity index (χ1) is 16.4. The van der Waals surface area contributed by atoms with E-state index in [-0.39, 0.29) is 17.2 Å². The molecule has 176 valence electrons. The largest absolute Gasteiger partial charge is 0.344 e. The molecule has 6 heteroatoms. The van der Waals surface area contributed by atoms with Gasteiger partial charge in [0.25, 0.3) is 0 Å². The van der Waals surface area contributed by atoms with Gasteiger partial charge < -0.3 is 4.90 Å². The van der Waals surface area contributed by atoms with Gasteiger partial charge in [-0.25, -0.2) is 4.79 Å². The smallest absolute Gasteiger partial charge is 0.323 e. The lowest BCUT2D eigenvalue weighted by Crippen LogP contribution is -2.45. The second kappa shape index (κ2) is 9.18. The highest BCUT2D eigenvalue weighted by molar-refractivity contribution is 5.92. The summed E-state index contributed by atoms with van der Waals surface area (Å²) < 4.78 is 1.30. The highest BCUT2D eigenvalue weighted by atomic mass is 16.2. The van der Waals surface area contributed by atoms with Crippen LogP contribution in [0.15, 0.2) is 60.8 Å². The zero-order valence-corrected chi connectivity index (χ0v) is 20.0. The molecule has 1 aromatic heterocycles. The van der Waals surface area contributed by atoms with Gasteiger partial charge in [-0.3, -0.25) is 9.69 Å². The number of Topliss-reactive ketones (excluding diaryl/α,β-unsaturated/α-hetero) is 1. The van der Waals surface area contributed by atoms with Crippen molar-refractivity contribution in [3.8, 4) is 11.1 Å². The van der Waals surface area contributed by atoms with Crippen LogP contribution in [-0.4, -0.2) is 57.6 Å². The topological polar surface area (TPSA) is 58.4 Å². The van der Waals surface area contributed by atoms with Gasteiger partial charge in [-0.05, 0) is 66.5 Å². The van der Waals surface area contributed by atoms with Gasteiger partial charge in [0.05, 0.1) is 0 Å². The Morgan fingerprint density at radius 3 is 2.38 bits per heavy atom. The van der Waals surface area contributed by atoms with E-state index in [0.717, 1.165) is 45.6 Å². The first kappa shape index (κ1) is 22.5. The number of hydrogen-bond donors (Lipinski definition) is 0. The third-order valence-electron chi connectivity index (χ3n) is 7.68. The minimum atomic E-state index is -0.134. The molecule has 2 fully saturated rings. The predicted octanol–water partition coefficient (Wildman–Crippen LogP) is 5.02. The lowest BCUT2D eigenvalue weighted by molar-refractivity contribution is 0.101. The number of piperidine rings is 1. The molecule has 0 radical (unpaired) electrons. The molecule has 1 spiro atoms. The van der Waals surface area contributed by atoms with Crippen LogP contribution < -0.4 is 0 Å². The molecule has 0 atom stereocenters. The highest BCUT2D eigenvalue weighted by Crippen LogP contribution is 2.41. The van der Waals surface area contributed by atoms with Crippen LogP contribution in [0, 0.1) is 12.3 Å². The van der Waals surface area contributed by atoms with E-state index >= 15 is 0 Å². The van der Waals surface area contributed by atoms with Crippen molar-refractivity contribution >= 4 is 11.8 Å². The number of benzene rings is 2. The zero-order chi connectivity index (χ0) is 23.7. The summed E-state index contributed by atoms with van der Waals surface area (Å²) in [5, 5.41) is 4.14. The molecule has 1 amide bonds. The average Bonchev–Trinajstić information content (AvgIpc) is 3.49. The van der Waals surface area contributed by atoms with E-state index in [2.05, 4.69) is 65.5 Å². The maximum atomic E-state index is 12.8. The first-order valence-corrected chi connectivity index (χ1v) is 12.2. The van der Waals surface area contributed by atoms with Crippen LogP contribution in [0.4, 0.5) is 4.79 Å². The molecule has 2 aromatic carbocycles. The Balaban J connectivity index is 1.21. The van der Waals surface area contributed by atoms with E-state index in [0.29, 0.717) is 5.69 Å². The van der Waals surface area contributed by atoms with Crippen LogP contribution in [0.25, 0.3) is 11.1 Å². The summed E-state index contributed by atoms with van der Waals surface area (Å²) in [6.07, 6.45) is 4.80. The summed E-state index contributed by atoms with van der Waals surface area (Å²) in [5.74, 6) is -0.125. The van der Waals surface area contributed by atoms with Gasteiger partial charge >= 0.3 is 6.03 Å². The molecule has 3 heterocycles. The van der Waals surface area contributed by atoms with Crippen molar-refractivity contribution in [2.45, 2.75) is 39.7 Å². The number of aromatic nitrogens is 2. The van der Waals surface area contributed by atoms with Crippen molar-refractivity contribution < 1.29 is 9.59 Å². The van der Waals surface area contributed by atoms with E-state index in [1.165, 1.54) is 40.3 Å². The number of hydrogen-bond acceptors (Lipinski definition) is 4. The Bertz CT molecular complexity index is 1190. The van der Waals surface area contributed by atoms with Gasteiger partial charge in [0.15, 0.2) is 5.78 Å². The Morgan fingerprint density at radius 2 is 1.68 bits per heavy atom. The summed E-state index contributed by atoms with van der Waals surface area (Å²) in [4.78, 5) is 28.8. The standard InChI is InChI=1S/C28H32N4O2/c1-21-24(9-6-10-25(21)23-7-4-3-5-8-23)19-30-16-12-28(20-30)13-17-31(18-14-28)27(34)32-15-11-26(29-32)22(2)33/h3-11,15H,12-14,16-20H2,1-2H3. The minimum absolute atomic E-state index is 0.125. The van der Waals surface area contributed by atoms with E-state index in [9.17, 15) is 9.59 Å². The molecule has 5 rings (SSSR count). The first-order valence-electron chi connectivity index (χ1n) is 12.2. The number of carbonyl (C=O) groups excluding carboxylic acids is 2. The van der Waals surface area contributed by atoms with Crippen LogP contribution in [0.3, 0.4) is 0 Å². The van der Waals surface area contributed by atoms with Crippen LogP contribution in [0.2, 0.25) is 0 Å². The van der Waals surface area contributed by atoms with Gasteiger partial charge in [-0.2, -0.15) is 9.78 Å². The van der Waals surface area contributed by atoms with Crippen molar-refractivity contribution in [1.82, 2.24) is 19.6 Å². The molecule has 2 aliphatic heterocycles. The predicted molar refractivity (Wildman–Crippen MR) is 133 cm³/mol. The Hall–Kier alpha value is -3.25. The minimum Gasteiger partial charge on any atom is -0.323 e. The van der Waals surface area contributed by atoms with Crippen molar-refractivity contribution in [2.24, 2.45) is 5.41 Å². The van der Waals surface area contributed by atoms with E-state index < -0.39 is 0 Å². The molecule has 3 aromatic rings. The summed E-state index contributed by atoms with van der Waals surface area (Å²) in [6, 6.07) is 18.7. The van der Waals surface area contributed by atoms with Crippen molar-refractivity contribution in [2.75, 3.05) is 26.2 Å². The van der Waals surface area contributed by atoms with E-state index in [1.807, 2.05) is 4.90 Å². The normalized spacial score (nSPS) is 17.9. The molecule has 0 unspecified atom stereocenters. The lowest BCUT2D eigenvalue weighted by atomic mass is 9.78. The summed E-state index contributed by atoms with van der Waals surface area (Å²) in [7, 11) is 0. The average molecular weight is 457 g/mol. The molecule has 0 bridgehead atoms. The molecule has 34 heavy (non-hydrogen) atoms. The summed E-state index contributed by atoms with van der Waals surface area (Å²) in [5.41, 5.74) is 5.95. The van der Waals surface area contributed by atoms with Gasteiger partial charge in [-0.1, -0.05) is 48.5 Å². The maximum Gasteiger partial charge on any atom is 0.344 e. The monoisotopic (exact) mass is 456 g/mol. The number of amides is 1. The van der Waals surface area contributed by atoms with Crippen LogP contribution in [-0.2, 0) is 6.54 Å². The molecular formula is C28H32N4O2. The number of rotatable bonds is 4. The van der Waals surface area contributed by atoms with Gasteiger partial charge in [0.2, 0.25) is 0 Å². The molecule has 0 aliphatic carbocycles. The Kier molecular flexibility index (Phi) is 6.09. The fraction of sp³-hybridized carbons (Fsp3) is 0.393. The molecule has 2 saturated heterocycles. The van der Waals surface area contributed by atoms with Gasteiger partial charge in [-0.15, -0.1) is 0 Å². The molecule has 0 N–H and O–H groups in total. The number of carbonyl (C=O) groups is 2. The van der Waals surface area contributed by atoms with Crippen molar-refractivity contribution in [1.29, 1.82) is 0 Å². The number of nitrogens with zero attached hydrogens (tertiary/aromatic N) is 4. The number of ketones is 1. The summed E-state index contributed by atoms with van der Waals surface area (Å²) >= 11 is 0. The Morgan fingerprint density at radius 1 is 0.941 bits per heavy atom. The molecule has 0 saturated carbocycles. The molecule has 2 aliphatic rings. The molecular weight excluding hydrogens is 424 g/mol. The van der Waals surface area contributed by atoms with Crippen molar-refractivity contribution in [3.63, 3.8) is 0 Å². The highest BCUT2D eigenvalue weighted by Gasteiger charge is 2.41. The van der Waals surface area contributed by atoms with Gasteiger partial charge in [0, 0.05) is 39.3 Å². The molecule has 6 nitrogen and oxygen atoms in total. The van der Waals surface area contributed by atoms with E-state index in [1.54, 1.807) is 12.3 Å².